The molecular weight excluding hydrogens is 168 g/mol. The van der Waals surface area contributed by atoms with Gasteiger partial charge in [0.15, 0.2) is 0 Å². The lowest BCUT2D eigenvalue weighted by Crippen LogP contribution is -2.33. The fraction of sp³-hybridized carbons (Fsp3) is 0.889. The lowest BCUT2D eigenvalue weighted by Gasteiger charge is -2.17. The Morgan fingerprint density at radius 2 is 2.46 bits per heavy atom. The molecule has 1 rings (SSSR count). The zero-order valence-electron chi connectivity index (χ0n) is 8.32. The SMILES string of the molecule is CCOC(=O)N1CCC(C(C)N)C1. The maximum absolute atomic E-state index is 11.3. The third-order valence-electron chi connectivity index (χ3n) is 2.49. The molecule has 4 nitrogen and oxygen atoms in total. The van der Waals surface area contributed by atoms with E-state index in [1.807, 2.05) is 13.8 Å². The van der Waals surface area contributed by atoms with Gasteiger partial charge in [-0.3, -0.25) is 0 Å². The lowest BCUT2D eigenvalue weighted by molar-refractivity contribution is 0.114. The van der Waals surface area contributed by atoms with Gasteiger partial charge >= 0.3 is 6.09 Å². The number of hydrogen-bond donors (Lipinski definition) is 1. The van der Waals surface area contributed by atoms with Gasteiger partial charge in [-0.1, -0.05) is 0 Å². The summed E-state index contributed by atoms with van der Waals surface area (Å²) in [6, 6.07) is 0.166. The highest BCUT2D eigenvalue weighted by Gasteiger charge is 2.28. The predicted molar refractivity (Wildman–Crippen MR) is 50.4 cm³/mol. The van der Waals surface area contributed by atoms with E-state index >= 15 is 0 Å². The Morgan fingerprint density at radius 3 is 2.92 bits per heavy atom. The molecule has 1 heterocycles. The predicted octanol–water partition coefficient (Wildman–Crippen LogP) is 0.812. The van der Waals surface area contributed by atoms with E-state index in [4.69, 9.17) is 10.5 Å². The van der Waals surface area contributed by atoms with E-state index in [1.165, 1.54) is 0 Å². The number of amides is 1. The van der Waals surface area contributed by atoms with Gasteiger partial charge in [-0.2, -0.15) is 0 Å². The van der Waals surface area contributed by atoms with Crippen molar-refractivity contribution in [3.8, 4) is 0 Å². The zero-order valence-corrected chi connectivity index (χ0v) is 8.32. The summed E-state index contributed by atoms with van der Waals surface area (Å²) in [4.78, 5) is 13.0. The zero-order chi connectivity index (χ0) is 9.84. The number of nitrogens with zero attached hydrogens (tertiary/aromatic N) is 1. The summed E-state index contributed by atoms with van der Waals surface area (Å²) in [5.41, 5.74) is 5.76. The molecule has 2 N–H and O–H groups in total. The van der Waals surface area contributed by atoms with Crippen molar-refractivity contribution < 1.29 is 9.53 Å². The van der Waals surface area contributed by atoms with Crippen molar-refractivity contribution in [2.75, 3.05) is 19.7 Å². The van der Waals surface area contributed by atoms with E-state index in [1.54, 1.807) is 4.90 Å². The Labute approximate surface area is 79.0 Å². The van der Waals surface area contributed by atoms with Gasteiger partial charge in [0.2, 0.25) is 0 Å². The molecule has 0 radical (unpaired) electrons. The summed E-state index contributed by atoms with van der Waals surface area (Å²) >= 11 is 0. The lowest BCUT2D eigenvalue weighted by atomic mass is 10.0. The smallest absolute Gasteiger partial charge is 0.409 e. The van der Waals surface area contributed by atoms with Crippen molar-refractivity contribution >= 4 is 6.09 Å². The molecule has 1 amide bonds. The van der Waals surface area contributed by atoms with Gasteiger partial charge in [0.25, 0.3) is 0 Å². The molecule has 4 heteroatoms. The second kappa shape index (κ2) is 4.46. The monoisotopic (exact) mass is 186 g/mol. The van der Waals surface area contributed by atoms with Crippen LogP contribution in [0.2, 0.25) is 0 Å². The van der Waals surface area contributed by atoms with Gasteiger partial charge < -0.3 is 15.4 Å². The topological polar surface area (TPSA) is 55.6 Å². The summed E-state index contributed by atoms with van der Waals surface area (Å²) in [7, 11) is 0. The molecule has 1 fully saturated rings. The van der Waals surface area contributed by atoms with Crippen LogP contribution in [0, 0.1) is 5.92 Å². The first-order valence-corrected chi connectivity index (χ1v) is 4.82. The third-order valence-corrected chi connectivity index (χ3v) is 2.49. The summed E-state index contributed by atoms with van der Waals surface area (Å²) < 4.78 is 4.90. The van der Waals surface area contributed by atoms with Crippen molar-refractivity contribution in [1.82, 2.24) is 4.90 Å². The molecule has 0 saturated carbocycles. The number of hydrogen-bond acceptors (Lipinski definition) is 3. The van der Waals surface area contributed by atoms with Gasteiger partial charge in [-0.25, -0.2) is 4.79 Å². The molecule has 1 aliphatic heterocycles. The highest BCUT2D eigenvalue weighted by molar-refractivity contribution is 5.67. The summed E-state index contributed by atoms with van der Waals surface area (Å²) in [6.45, 7) is 5.77. The van der Waals surface area contributed by atoms with Crippen LogP contribution < -0.4 is 5.73 Å². The Kier molecular flexibility index (Phi) is 3.54. The normalized spacial score (nSPS) is 24.5. The Hall–Kier alpha value is -0.770. The number of rotatable bonds is 2. The minimum atomic E-state index is -0.203. The fourth-order valence-electron chi connectivity index (χ4n) is 1.60. The minimum absolute atomic E-state index is 0.166. The highest BCUT2D eigenvalue weighted by atomic mass is 16.6. The molecule has 2 atom stereocenters. The summed E-state index contributed by atoms with van der Waals surface area (Å²) in [5.74, 6) is 0.435. The minimum Gasteiger partial charge on any atom is -0.450 e. The van der Waals surface area contributed by atoms with E-state index in [2.05, 4.69) is 0 Å². The first-order valence-electron chi connectivity index (χ1n) is 4.82. The molecule has 1 aliphatic rings. The summed E-state index contributed by atoms with van der Waals surface area (Å²) in [6.07, 6.45) is 0.793. The number of ether oxygens (including phenoxy) is 1. The van der Waals surface area contributed by atoms with Crippen LogP contribution in [0.3, 0.4) is 0 Å². The number of likely N-dealkylation sites (tertiary alicyclic amines) is 1. The first-order chi connectivity index (χ1) is 6.15. The van der Waals surface area contributed by atoms with Crippen LogP contribution >= 0.6 is 0 Å². The van der Waals surface area contributed by atoms with Crippen LogP contribution in [0.4, 0.5) is 4.79 Å². The molecule has 0 spiro atoms. The van der Waals surface area contributed by atoms with Crippen molar-refractivity contribution in [3.05, 3.63) is 0 Å². The average Bonchev–Trinajstić information content (AvgIpc) is 2.52. The average molecular weight is 186 g/mol. The van der Waals surface area contributed by atoms with E-state index < -0.39 is 0 Å². The van der Waals surface area contributed by atoms with Gasteiger partial charge in [0.1, 0.15) is 0 Å². The summed E-state index contributed by atoms with van der Waals surface area (Å²) in [5, 5.41) is 0. The molecule has 2 unspecified atom stereocenters. The molecule has 76 valence electrons. The van der Waals surface area contributed by atoms with E-state index in [-0.39, 0.29) is 12.1 Å². The van der Waals surface area contributed by atoms with E-state index in [0.717, 1.165) is 19.5 Å². The first kappa shape index (κ1) is 10.3. The van der Waals surface area contributed by atoms with Gasteiger partial charge in [0, 0.05) is 19.1 Å². The van der Waals surface area contributed by atoms with Gasteiger partial charge in [-0.15, -0.1) is 0 Å². The van der Waals surface area contributed by atoms with Crippen LogP contribution in [0.1, 0.15) is 20.3 Å². The molecule has 0 aliphatic carbocycles. The van der Waals surface area contributed by atoms with E-state index in [0.29, 0.717) is 12.5 Å². The van der Waals surface area contributed by atoms with Crippen molar-refractivity contribution in [1.29, 1.82) is 0 Å². The Balaban J connectivity index is 2.36. The third kappa shape index (κ3) is 2.59. The highest BCUT2D eigenvalue weighted by Crippen LogP contribution is 2.18. The quantitative estimate of drug-likeness (QED) is 0.694. The van der Waals surface area contributed by atoms with Crippen LogP contribution in [0.5, 0.6) is 0 Å². The molecule has 0 aromatic rings. The number of nitrogens with two attached hydrogens (primary N) is 1. The molecule has 0 bridgehead atoms. The molecule has 0 aromatic heterocycles. The maximum atomic E-state index is 11.3. The maximum Gasteiger partial charge on any atom is 0.409 e. The number of carbonyl (C=O) groups is 1. The van der Waals surface area contributed by atoms with Crippen molar-refractivity contribution in [2.45, 2.75) is 26.3 Å². The Bertz CT molecular complexity index is 182. The second-order valence-electron chi connectivity index (χ2n) is 3.55. The number of carbonyl (C=O) groups excluding carboxylic acids is 1. The van der Waals surface area contributed by atoms with Crippen LogP contribution in [-0.4, -0.2) is 36.7 Å². The van der Waals surface area contributed by atoms with Crippen molar-refractivity contribution in [3.63, 3.8) is 0 Å². The molecule has 13 heavy (non-hydrogen) atoms. The molecule has 1 saturated heterocycles. The van der Waals surface area contributed by atoms with Crippen molar-refractivity contribution in [2.24, 2.45) is 11.7 Å². The fourth-order valence-corrected chi connectivity index (χ4v) is 1.60. The van der Waals surface area contributed by atoms with Crippen LogP contribution in [0.15, 0.2) is 0 Å². The standard InChI is InChI=1S/C9H18N2O2/c1-3-13-9(12)11-5-4-8(6-11)7(2)10/h7-8H,3-6,10H2,1-2H3. The van der Waals surface area contributed by atoms with Crippen LogP contribution in [0.25, 0.3) is 0 Å². The Morgan fingerprint density at radius 1 is 1.77 bits per heavy atom. The second-order valence-corrected chi connectivity index (χ2v) is 3.55. The molecular formula is C9H18N2O2. The molecule has 0 aromatic carbocycles. The van der Waals surface area contributed by atoms with Gasteiger partial charge in [0.05, 0.1) is 6.61 Å². The van der Waals surface area contributed by atoms with Gasteiger partial charge in [-0.05, 0) is 26.2 Å². The van der Waals surface area contributed by atoms with Crippen LogP contribution in [-0.2, 0) is 4.74 Å². The largest absolute Gasteiger partial charge is 0.450 e. The van der Waals surface area contributed by atoms with E-state index in [9.17, 15) is 4.79 Å².